The Morgan fingerprint density at radius 3 is 2.87 bits per heavy atom. The van der Waals surface area contributed by atoms with Crippen molar-refractivity contribution >= 4 is 5.91 Å². The Balaban J connectivity index is 1.83. The van der Waals surface area contributed by atoms with Crippen molar-refractivity contribution < 1.29 is 4.79 Å². The molecule has 0 spiro atoms. The van der Waals surface area contributed by atoms with E-state index < -0.39 is 0 Å². The van der Waals surface area contributed by atoms with Crippen LogP contribution in [0.5, 0.6) is 0 Å². The Bertz CT molecular complexity index is 770. The van der Waals surface area contributed by atoms with E-state index >= 15 is 0 Å². The van der Waals surface area contributed by atoms with Gasteiger partial charge >= 0.3 is 0 Å². The largest absolute Gasteiger partial charge is 0.338 e. The SMILES string of the molecule is Cc1ccc(C(=O)N2CCC[C@@H](c3ccncn3)C2)c(=O)n1C. The smallest absolute Gasteiger partial charge is 0.263 e. The van der Waals surface area contributed by atoms with Gasteiger partial charge in [-0.2, -0.15) is 0 Å². The van der Waals surface area contributed by atoms with E-state index in [-0.39, 0.29) is 22.9 Å². The van der Waals surface area contributed by atoms with Crippen LogP contribution in [0, 0.1) is 6.92 Å². The summed E-state index contributed by atoms with van der Waals surface area (Å²) in [4.78, 5) is 35.1. The monoisotopic (exact) mass is 312 g/mol. The van der Waals surface area contributed by atoms with Crippen molar-refractivity contribution in [1.29, 1.82) is 0 Å². The maximum atomic E-state index is 12.7. The number of hydrogen-bond donors (Lipinski definition) is 0. The molecule has 1 atom stereocenters. The average molecular weight is 312 g/mol. The molecule has 0 bridgehead atoms. The highest BCUT2D eigenvalue weighted by molar-refractivity contribution is 5.94. The maximum absolute atomic E-state index is 12.7. The third-order valence-electron chi connectivity index (χ3n) is 4.52. The van der Waals surface area contributed by atoms with Gasteiger partial charge in [0.15, 0.2) is 0 Å². The van der Waals surface area contributed by atoms with Gasteiger partial charge in [0, 0.05) is 43.6 Å². The lowest BCUT2D eigenvalue weighted by atomic mass is 9.94. The van der Waals surface area contributed by atoms with Gasteiger partial charge in [-0.1, -0.05) is 0 Å². The van der Waals surface area contributed by atoms with Crippen LogP contribution in [0.4, 0.5) is 0 Å². The third kappa shape index (κ3) is 3.02. The second kappa shape index (κ2) is 6.32. The predicted octanol–water partition coefficient (Wildman–Crippen LogP) is 1.50. The van der Waals surface area contributed by atoms with Gasteiger partial charge in [-0.25, -0.2) is 9.97 Å². The van der Waals surface area contributed by atoms with E-state index in [1.165, 1.54) is 10.9 Å². The Hall–Kier alpha value is -2.50. The summed E-state index contributed by atoms with van der Waals surface area (Å²) >= 11 is 0. The van der Waals surface area contributed by atoms with Crippen LogP contribution in [-0.2, 0) is 7.05 Å². The van der Waals surface area contributed by atoms with Crippen LogP contribution in [0.3, 0.4) is 0 Å². The van der Waals surface area contributed by atoms with E-state index in [0.717, 1.165) is 24.2 Å². The fourth-order valence-corrected chi connectivity index (χ4v) is 3.01. The molecule has 23 heavy (non-hydrogen) atoms. The number of nitrogens with zero attached hydrogens (tertiary/aromatic N) is 4. The molecule has 0 aliphatic carbocycles. The number of amides is 1. The molecule has 120 valence electrons. The fourth-order valence-electron chi connectivity index (χ4n) is 3.01. The van der Waals surface area contributed by atoms with Crippen LogP contribution in [0.25, 0.3) is 0 Å². The number of carbonyl (C=O) groups is 1. The number of rotatable bonds is 2. The molecule has 6 heteroatoms. The van der Waals surface area contributed by atoms with Crippen molar-refractivity contribution in [3.8, 4) is 0 Å². The summed E-state index contributed by atoms with van der Waals surface area (Å²) in [6, 6.07) is 5.33. The standard InChI is InChI=1S/C17H20N4O2/c1-12-5-6-14(16(22)20(12)2)17(23)21-9-3-4-13(10-21)15-7-8-18-11-19-15/h5-8,11,13H,3-4,9-10H2,1-2H3/t13-/m1/s1. The molecule has 2 aromatic rings. The van der Waals surface area contributed by atoms with E-state index in [1.807, 2.05) is 13.0 Å². The molecule has 0 radical (unpaired) electrons. The third-order valence-corrected chi connectivity index (χ3v) is 4.52. The molecule has 0 saturated carbocycles. The molecule has 3 heterocycles. The summed E-state index contributed by atoms with van der Waals surface area (Å²) in [5, 5.41) is 0. The van der Waals surface area contributed by atoms with Gasteiger partial charge in [-0.05, 0) is 38.0 Å². The van der Waals surface area contributed by atoms with E-state index in [4.69, 9.17) is 0 Å². The molecule has 1 fully saturated rings. The first-order valence-electron chi connectivity index (χ1n) is 7.79. The zero-order valence-electron chi connectivity index (χ0n) is 13.4. The number of pyridine rings is 1. The number of hydrogen-bond acceptors (Lipinski definition) is 4. The summed E-state index contributed by atoms with van der Waals surface area (Å²) in [5.41, 5.74) is 1.79. The van der Waals surface area contributed by atoms with Gasteiger partial charge in [0.1, 0.15) is 11.9 Å². The summed E-state index contributed by atoms with van der Waals surface area (Å²) in [6.07, 6.45) is 5.16. The summed E-state index contributed by atoms with van der Waals surface area (Å²) in [5.74, 6) is 0.00866. The van der Waals surface area contributed by atoms with Gasteiger partial charge in [0.25, 0.3) is 11.5 Å². The fraction of sp³-hybridized carbons (Fsp3) is 0.412. The van der Waals surface area contributed by atoms with E-state index in [9.17, 15) is 9.59 Å². The topological polar surface area (TPSA) is 68.1 Å². The van der Waals surface area contributed by atoms with E-state index in [2.05, 4.69) is 9.97 Å². The zero-order valence-corrected chi connectivity index (χ0v) is 13.4. The Morgan fingerprint density at radius 1 is 1.30 bits per heavy atom. The van der Waals surface area contributed by atoms with Crippen molar-refractivity contribution in [3.63, 3.8) is 0 Å². The first kappa shape index (κ1) is 15.4. The second-order valence-electron chi connectivity index (χ2n) is 5.98. The van der Waals surface area contributed by atoms with Crippen molar-refractivity contribution in [1.82, 2.24) is 19.4 Å². The number of piperidine rings is 1. The van der Waals surface area contributed by atoms with Crippen LogP contribution in [0.15, 0.2) is 35.5 Å². The quantitative estimate of drug-likeness (QED) is 0.843. The summed E-state index contributed by atoms with van der Waals surface area (Å²) < 4.78 is 1.51. The molecule has 0 unspecified atom stereocenters. The predicted molar refractivity (Wildman–Crippen MR) is 86.3 cm³/mol. The Morgan fingerprint density at radius 2 is 2.13 bits per heavy atom. The molecule has 1 amide bonds. The molecule has 1 saturated heterocycles. The molecule has 0 aromatic carbocycles. The highest BCUT2D eigenvalue weighted by Crippen LogP contribution is 2.25. The minimum atomic E-state index is -0.237. The molecular formula is C17H20N4O2. The molecule has 2 aromatic heterocycles. The van der Waals surface area contributed by atoms with Crippen molar-refractivity contribution in [2.75, 3.05) is 13.1 Å². The molecule has 0 N–H and O–H groups in total. The lowest BCUT2D eigenvalue weighted by molar-refractivity contribution is 0.0703. The first-order valence-corrected chi connectivity index (χ1v) is 7.79. The minimum absolute atomic E-state index is 0.190. The van der Waals surface area contributed by atoms with Crippen molar-refractivity contribution in [2.24, 2.45) is 7.05 Å². The maximum Gasteiger partial charge on any atom is 0.263 e. The number of aromatic nitrogens is 3. The first-order chi connectivity index (χ1) is 11.1. The van der Waals surface area contributed by atoms with Gasteiger partial charge in [0.05, 0.1) is 0 Å². The van der Waals surface area contributed by atoms with E-state index in [0.29, 0.717) is 13.1 Å². The summed E-state index contributed by atoms with van der Waals surface area (Å²) in [6.45, 7) is 3.12. The van der Waals surface area contributed by atoms with Crippen molar-refractivity contribution in [3.05, 3.63) is 58.0 Å². The highest BCUT2D eigenvalue weighted by Gasteiger charge is 2.27. The molecule has 3 rings (SSSR count). The summed E-state index contributed by atoms with van der Waals surface area (Å²) in [7, 11) is 1.69. The molecule has 6 nitrogen and oxygen atoms in total. The highest BCUT2D eigenvalue weighted by atomic mass is 16.2. The van der Waals surface area contributed by atoms with Crippen LogP contribution in [-0.4, -0.2) is 38.4 Å². The Labute approximate surface area is 134 Å². The molecular weight excluding hydrogens is 292 g/mol. The normalized spacial score (nSPS) is 18.0. The number of aryl methyl sites for hydroxylation is 1. The van der Waals surface area contributed by atoms with Crippen LogP contribution >= 0.6 is 0 Å². The molecule has 1 aliphatic rings. The zero-order chi connectivity index (χ0) is 16.4. The van der Waals surface area contributed by atoms with Gasteiger partial charge in [-0.15, -0.1) is 0 Å². The minimum Gasteiger partial charge on any atom is -0.338 e. The lowest BCUT2D eigenvalue weighted by Crippen LogP contribution is -2.42. The van der Waals surface area contributed by atoms with Crippen LogP contribution in [0.2, 0.25) is 0 Å². The average Bonchev–Trinajstić information content (AvgIpc) is 2.60. The Kier molecular flexibility index (Phi) is 4.23. The van der Waals surface area contributed by atoms with Gasteiger partial charge in [-0.3, -0.25) is 9.59 Å². The van der Waals surface area contributed by atoms with E-state index in [1.54, 1.807) is 30.3 Å². The van der Waals surface area contributed by atoms with Gasteiger partial charge in [0.2, 0.25) is 0 Å². The molecule has 1 aliphatic heterocycles. The van der Waals surface area contributed by atoms with Crippen molar-refractivity contribution in [2.45, 2.75) is 25.7 Å². The number of carbonyl (C=O) groups excluding carboxylic acids is 1. The van der Waals surface area contributed by atoms with Crippen LogP contribution in [0.1, 0.15) is 40.5 Å². The van der Waals surface area contributed by atoms with Crippen LogP contribution < -0.4 is 5.56 Å². The number of likely N-dealkylation sites (tertiary alicyclic amines) is 1. The lowest BCUT2D eigenvalue weighted by Gasteiger charge is -2.32. The van der Waals surface area contributed by atoms with Gasteiger partial charge < -0.3 is 9.47 Å². The second-order valence-corrected chi connectivity index (χ2v) is 5.98.